The minimum atomic E-state index is -2.54. The van der Waals surface area contributed by atoms with E-state index in [1.807, 2.05) is 35.0 Å². The summed E-state index contributed by atoms with van der Waals surface area (Å²) < 4.78 is 18.3. The number of nitrogens with zero attached hydrogens (tertiary/aromatic N) is 1. The van der Waals surface area contributed by atoms with Gasteiger partial charge in [0.15, 0.2) is 0 Å². The molecule has 0 N–H and O–H groups in total. The molecule has 7 heteroatoms. The number of quaternary nitrogens is 1. The molecule has 6 nitrogen and oxygen atoms in total. The van der Waals surface area contributed by atoms with Crippen molar-refractivity contribution in [3.05, 3.63) is 12.2 Å². The van der Waals surface area contributed by atoms with Gasteiger partial charge in [0.05, 0.1) is 33.3 Å². The van der Waals surface area contributed by atoms with Gasteiger partial charge in [0.2, 0.25) is 0 Å². The molecule has 0 heterocycles. The number of rotatable bonds is 8. The van der Waals surface area contributed by atoms with Crippen molar-refractivity contribution in [3.63, 3.8) is 0 Å². The van der Waals surface area contributed by atoms with E-state index in [0.717, 1.165) is 6.08 Å². The highest BCUT2D eigenvalue weighted by Crippen LogP contribution is 2.53. The van der Waals surface area contributed by atoms with Gasteiger partial charge in [-0.1, -0.05) is 13.8 Å². The van der Waals surface area contributed by atoms with E-state index in [9.17, 15) is 19.3 Å². The first-order valence-corrected chi connectivity index (χ1v) is 8.58. The maximum absolute atomic E-state index is 12.9. The van der Waals surface area contributed by atoms with Gasteiger partial charge in [-0.3, -0.25) is 8.82 Å². The summed E-state index contributed by atoms with van der Waals surface area (Å²) in [5, 5.41) is 10.2. The standard InChI is InChI=1S/C13H24NO5P/c1-6-11(19-13(17)9-8-12(15)16)10-20(18,7-2)14(3,4)5/h8-9,11H,6-7,10H2,1-5H3/b9-8+. The van der Waals surface area contributed by atoms with Crippen molar-refractivity contribution in [1.29, 1.82) is 0 Å². The molecule has 2 unspecified atom stereocenters. The summed E-state index contributed by atoms with van der Waals surface area (Å²) >= 11 is 0. The van der Waals surface area contributed by atoms with Crippen LogP contribution in [0, 0.1) is 0 Å². The summed E-state index contributed by atoms with van der Waals surface area (Å²) in [6.45, 7) is 3.69. The van der Waals surface area contributed by atoms with Crippen LogP contribution in [0.1, 0.15) is 20.3 Å². The summed E-state index contributed by atoms with van der Waals surface area (Å²) in [4.78, 5) is 21.7. The number of hydrogen-bond acceptors (Lipinski definition) is 5. The molecule has 2 atom stereocenters. The number of aliphatic carboxylic acids is 1. The van der Waals surface area contributed by atoms with Crippen LogP contribution in [0.5, 0.6) is 0 Å². The largest absolute Gasteiger partial charge is 0.545 e. The van der Waals surface area contributed by atoms with Crippen molar-refractivity contribution in [1.82, 2.24) is 0 Å². The SMILES string of the molecule is CCC(CP(=O)(CC)[N+](C)(C)C)OC(=O)/C=C/C(=O)[O-]. The summed E-state index contributed by atoms with van der Waals surface area (Å²) in [5.74, 6) is -2.22. The topological polar surface area (TPSA) is 83.5 Å². The van der Waals surface area contributed by atoms with Gasteiger partial charge < -0.3 is 14.6 Å². The molecule has 0 bridgehead atoms. The Labute approximate surface area is 120 Å². The van der Waals surface area contributed by atoms with Crippen molar-refractivity contribution in [2.24, 2.45) is 0 Å². The predicted molar refractivity (Wildman–Crippen MR) is 75.4 cm³/mol. The second kappa shape index (κ2) is 7.60. The van der Waals surface area contributed by atoms with Crippen LogP contribution in [0.2, 0.25) is 0 Å². The molecular weight excluding hydrogens is 281 g/mol. The third-order valence-electron chi connectivity index (χ3n) is 3.17. The number of carboxylic acids is 1. The van der Waals surface area contributed by atoms with Crippen LogP contribution >= 0.6 is 7.29 Å². The molecule has 0 saturated carbocycles. The Hall–Kier alpha value is -1.13. The Bertz CT molecular complexity index is 425. The first-order chi connectivity index (χ1) is 9.05. The number of esters is 1. The van der Waals surface area contributed by atoms with Crippen molar-refractivity contribution >= 4 is 19.2 Å². The quantitative estimate of drug-likeness (QED) is 0.373. The van der Waals surface area contributed by atoms with Crippen molar-refractivity contribution < 1.29 is 28.3 Å². The highest BCUT2D eigenvalue weighted by Gasteiger charge is 2.38. The third-order valence-corrected chi connectivity index (χ3v) is 7.32. The van der Waals surface area contributed by atoms with E-state index >= 15 is 0 Å². The fourth-order valence-corrected chi connectivity index (χ4v) is 4.27. The maximum atomic E-state index is 12.9. The number of carbonyl (C=O) groups excluding carboxylic acids is 2. The fraction of sp³-hybridized carbons (Fsp3) is 0.692. The second-order valence-corrected chi connectivity index (χ2v) is 9.30. The number of carboxylic acid groups (broad SMARTS) is 1. The minimum Gasteiger partial charge on any atom is -0.545 e. The van der Waals surface area contributed by atoms with E-state index in [1.165, 1.54) is 0 Å². The second-order valence-electron chi connectivity index (χ2n) is 5.41. The van der Waals surface area contributed by atoms with E-state index in [4.69, 9.17) is 4.74 Å². The van der Waals surface area contributed by atoms with E-state index in [1.54, 1.807) is 0 Å². The molecule has 0 saturated heterocycles. The van der Waals surface area contributed by atoms with Gasteiger partial charge in [-0.05, 0) is 12.5 Å². The summed E-state index contributed by atoms with van der Waals surface area (Å²) in [5.41, 5.74) is 0. The first-order valence-electron chi connectivity index (χ1n) is 6.55. The summed E-state index contributed by atoms with van der Waals surface area (Å²) in [6.07, 6.45) is 2.26. The Balaban J connectivity index is 4.83. The summed E-state index contributed by atoms with van der Waals surface area (Å²) in [7, 11) is 3.02. The van der Waals surface area contributed by atoms with Gasteiger partial charge in [-0.25, -0.2) is 4.79 Å². The molecule has 0 aliphatic heterocycles. The average Bonchev–Trinajstić information content (AvgIpc) is 2.33. The lowest BCUT2D eigenvalue weighted by Crippen LogP contribution is -2.36. The normalized spacial score (nSPS) is 16.6. The zero-order chi connectivity index (χ0) is 16.0. The molecule has 0 spiro atoms. The molecule has 0 amide bonds. The Kier molecular flexibility index (Phi) is 7.17. The lowest BCUT2D eigenvalue weighted by atomic mass is 10.3. The number of hydrogen-bond donors (Lipinski definition) is 0. The molecule has 116 valence electrons. The van der Waals surface area contributed by atoms with Crippen LogP contribution in [0.4, 0.5) is 0 Å². The van der Waals surface area contributed by atoms with Gasteiger partial charge in [-0.2, -0.15) is 0 Å². The Morgan fingerprint density at radius 1 is 1.25 bits per heavy atom. The van der Waals surface area contributed by atoms with Crippen LogP contribution < -0.4 is 5.11 Å². The monoisotopic (exact) mass is 305 g/mol. The van der Waals surface area contributed by atoms with Crippen LogP contribution in [-0.4, -0.2) is 55.8 Å². The van der Waals surface area contributed by atoms with Crippen LogP contribution in [0.25, 0.3) is 0 Å². The average molecular weight is 305 g/mol. The lowest BCUT2D eigenvalue weighted by Gasteiger charge is -2.35. The molecule has 20 heavy (non-hydrogen) atoms. The third kappa shape index (κ3) is 5.88. The van der Waals surface area contributed by atoms with Crippen LogP contribution in [-0.2, 0) is 18.9 Å². The molecule has 0 radical (unpaired) electrons. The van der Waals surface area contributed by atoms with Crippen molar-refractivity contribution in [3.8, 4) is 0 Å². The smallest absolute Gasteiger partial charge is 0.331 e. The summed E-state index contributed by atoms with van der Waals surface area (Å²) in [6, 6.07) is 0. The van der Waals surface area contributed by atoms with Gasteiger partial charge in [0.1, 0.15) is 6.10 Å². The Morgan fingerprint density at radius 2 is 1.80 bits per heavy atom. The number of ether oxygens (including phenoxy) is 1. The molecule has 0 aromatic carbocycles. The fourth-order valence-electron chi connectivity index (χ4n) is 1.71. The lowest BCUT2D eigenvalue weighted by molar-refractivity contribution is -0.746. The highest BCUT2D eigenvalue weighted by atomic mass is 31.2. The predicted octanol–water partition coefficient (Wildman–Crippen LogP) is 0.619. The first kappa shape index (κ1) is 18.9. The van der Waals surface area contributed by atoms with E-state index in [-0.39, 0.29) is 6.16 Å². The zero-order valence-electron chi connectivity index (χ0n) is 12.8. The van der Waals surface area contributed by atoms with Gasteiger partial charge in [-0.15, -0.1) is 0 Å². The van der Waals surface area contributed by atoms with Crippen molar-refractivity contribution in [2.45, 2.75) is 26.4 Å². The molecule has 0 aromatic heterocycles. The molecule has 0 rings (SSSR count). The maximum Gasteiger partial charge on any atom is 0.331 e. The van der Waals surface area contributed by atoms with E-state index in [2.05, 4.69) is 0 Å². The molecule has 0 fully saturated rings. The van der Waals surface area contributed by atoms with Crippen LogP contribution in [0.15, 0.2) is 12.2 Å². The minimum absolute atomic E-state index is 0.286. The zero-order valence-corrected chi connectivity index (χ0v) is 13.7. The van der Waals surface area contributed by atoms with Gasteiger partial charge >= 0.3 is 5.97 Å². The molecular formula is C13H24NO5P. The van der Waals surface area contributed by atoms with E-state index < -0.39 is 25.3 Å². The van der Waals surface area contributed by atoms with Gasteiger partial charge in [0.25, 0.3) is 7.29 Å². The molecule has 0 aliphatic carbocycles. The number of carbonyl (C=O) groups is 2. The molecule has 0 aromatic rings. The highest BCUT2D eigenvalue weighted by molar-refractivity contribution is 7.58. The Morgan fingerprint density at radius 3 is 2.15 bits per heavy atom. The van der Waals surface area contributed by atoms with E-state index in [0.29, 0.717) is 22.9 Å². The molecule has 0 aliphatic rings. The van der Waals surface area contributed by atoms with Crippen molar-refractivity contribution in [2.75, 3.05) is 33.5 Å². The van der Waals surface area contributed by atoms with Crippen LogP contribution in [0.3, 0.4) is 0 Å². The van der Waals surface area contributed by atoms with Gasteiger partial charge in [0, 0.05) is 12.2 Å².